The molecule has 0 amide bonds. The van der Waals surface area contributed by atoms with Crippen molar-refractivity contribution in [2.45, 2.75) is 36.6 Å². The fraction of sp³-hybridized carbons (Fsp3) is 0.381. The van der Waals surface area contributed by atoms with Gasteiger partial charge in [-0.2, -0.15) is 0 Å². The van der Waals surface area contributed by atoms with Crippen molar-refractivity contribution in [1.82, 2.24) is 10.2 Å². The number of aliphatic hydroxyl groups is 3. The topological polar surface area (TPSA) is 179 Å². The summed E-state index contributed by atoms with van der Waals surface area (Å²) in [6.45, 7) is 1.06. The Labute approximate surface area is 187 Å². The zero-order chi connectivity index (χ0) is 23.7. The van der Waals surface area contributed by atoms with Gasteiger partial charge in [-0.15, -0.1) is 0 Å². The van der Waals surface area contributed by atoms with E-state index in [1.165, 1.54) is 23.1 Å². The van der Waals surface area contributed by atoms with Crippen LogP contribution in [0.25, 0.3) is 10.8 Å². The van der Waals surface area contributed by atoms with E-state index in [1.807, 2.05) is 0 Å². The van der Waals surface area contributed by atoms with E-state index < -0.39 is 48.0 Å². The van der Waals surface area contributed by atoms with Crippen molar-refractivity contribution in [3.8, 4) is 0 Å². The van der Waals surface area contributed by atoms with Gasteiger partial charge in [-0.25, -0.2) is 19.2 Å². The molecule has 1 fully saturated rings. The fourth-order valence-electron chi connectivity index (χ4n) is 5.01. The van der Waals surface area contributed by atoms with Crippen molar-refractivity contribution in [2.24, 2.45) is 21.5 Å². The average molecular weight is 458 g/mol. The number of carbonyl (C=O) groups is 1. The first kappa shape index (κ1) is 21.4. The van der Waals surface area contributed by atoms with Gasteiger partial charge < -0.3 is 41.7 Å². The smallest absolute Gasteiger partial charge is 0.339 e. The maximum absolute atomic E-state index is 13.9. The molecular formula is C21H23FN6O5. The number of hydrogen-bond acceptors (Lipinski definition) is 11. The SMILES string of the molecule is Cc1cc(C(=O)O[C@H]2CN3C(N)=N[C@@H](CO)[C@@H]4N=C(N)N[C@@]43C2(O)O)c2cc(F)ccc2c1. The highest BCUT2D eigenvalue weighted by Gasteiger charge is 2.74. The molecule has 3 aliphatic heterocycles. The van der Waals surface area contributed by atoms with Gasteiger partial charge in [-0.1, -0.05) is 12.1 Å². The monoisotopic (exact) mass is 458 g/mol. The van der Waals surface area contributed by atoms with Gasteiger partial charge in [0, 0.05) is 0 Å². The molecule has 0 bridgehead atoms. The van der Waals surface area contributed by atoms with E-state index in [0.717, 1.165) is 5.56 Å². The molecule has 0 aliphatic carbocycles. The van der Waals surface area contributed by atoms with E-state index in [9.17, 15) is 24.5 Å². The van der Waals surface area contributed by atoms with Crippen molar-refractivity contribution in [3.63, 3.8) is 0 Å². The maximum atomic E-state index is 13.9. The first-order valence-electron chi connectivity index (χ1n) is 10.3. The predicted octanol–water partition coefficient (Wildman–Crippen LogP) is -1.52. The minimum atomic E-state index is -2.73. The van der Waals surface area contributed by atoms with E-state index in [4.69, 9.17) is 16.2 Å². The van der Waals surface area contributed by atoms with Crippen LogP contribution in [-0.2, 0) is 4.74 Å². The second-order valence-electron chi connectivity index (χ2n) is 8.50. The Morgan fingerprint density at radius 1 is 1.30 bits per heavy atom. The van der Waals surface area contributed by atoms with Crippen molar-refractivity contribution in [3.05, 3.63) is 47.3 Å². The minimum absolute atomic E-state index is 0.0734. The Balaban J connectivity index is 1.53. The van der Waals surface area contributed by atoms with E-state index >= 15 is 0 Å². The Hall–Kier alpha value is -3.48. The van der Waals surface area contributed by atoms with Gasteiger partial charge >= 0.3 is 5.97 Å². The lowest BCUT2D eigenvalue weighted by molar-refractivity contribution is -0.257. The highest BCUT2D eigenvalue weighted by atomic mass is 19.1. The van der Waals surface area contributed by atoms with Crippen LogP contribution in [0.2, 0.25) is 0 Å². The lowest BCUT2D eigenvalue weighted by atomic mass is 9.86. The lowest BCUT2D eigenvalue weighted by Gasteiger charge is -2.48. The van der Waals surface area contributed by atoms with E-state index in [0.29, 0.717) is 10.8 Å². The number of fused-ring (bicyclic) bond motifs is 1. The van der Waals surface area contributed by atoms with Crippen LogP contribution in [0.15, 0.2) is 40.3 Å². The molecule has 3 aliphatic rings. The zero-order valence-corrected chi connectivity index (χ0v) is 17.6. The number of rotatable bonds is 3. The summed E-state index contributed by atoms with van der Waals surface area (Å²) in [6.07, 6.45) is -1.50. The van der Waals surface area contributed by atoms with Crippen molar-refractivity contribution in [1.29, 1.82) is 0 Å². The van der Waals surface area contributed by atoms with Gasteiger partial charge in [-0.3, -0.25) is 0 Å². The van der Waals surface area contributed by atoms with Crippen molar-refractivity contribution >= 4 is 28.7 Å². The molecule has 0 radical (unpaired) electrons. The third-order valence-corrected chi connectivity index (χ3v) is 6.46. The van der Waals surface area contributed by atoms with Crippen LogP contribution in [0.1, 0.15) is 15.9 Å². The third kappa shape index (κ3) is 2.88. The zero-order valence-electron chi connectivity index (χ0n) is 17.6. The van der Waals surface area contributed by atoms with Crippen molar-refractivity contribution in [2.75, 3.05) is 13.2 Å². The second-order valence-corrected chi connectivity index (χ2v) is 8.50. The fourth-order valence-corrected chi connectivity index (χ4v) is 5.01. The summed E-state index contributed by atoms with van der Waals surface area (Å²) in [5.41, 5.74) is 10.9. The van der Waals surface area contributed by atoms with Crippen LogP contribution in [0.4, 0.5) is 4.39 Å². The Morgan fingerprint density at radius 2 is 2.06 bits per heavy atom. The van der Waals surface area contributed by atoms with Crippen LogP contribution in [-0.4, -0.2) is 80.9 Å². The largest absolute Gasteiger partial charge is 0.451 e. The number of nitrogens with one attached hydrogen (secondary N) is 1. The average Bonchev–Trinajstić information content (AvgIpc) is 3.22. The number of nitrogens with two attached hydrogens (primary N) is 2. The normalized spacial score (nSPS) is 29.7. The van der Waals surface area contributed by atoms with Gasteiger partial charge in [0.2, 0.25) is 5.79 Å². The second kappa shape index (κ2) is 7.01. The van der Waals surface area contributed by atoms with Gasteiger partial charge in [0.05, 0.1) is 18.7 Å². The third-order valence-electron chi connectivity index (χ3n) is 6.46. The molecule has 4 atom stereocenters. The van der Waals surface area contributed by atoms with Gasteiger partial charge in [-0.05, 0) is 41.5 Å². The Kier molecular flexibility index (Phi) is 4.54. The van der Waals surface area contributed by atoms with E-state index in [-0.39, 0.29) is 24.0 Å². The number of ether oxygens (including phenoxy) is 1. The molecule has 33 heavy (non-hydrogen) atoms. The summed E-state index contributed by atoms with van der Waals surface area (Å²) in [6, 6.07) is 5.47. The quantitative estimate of drug-likeness (QED) is 0.235. The predicted molar refractivity (Wildman–Crippen MR) is 115 cm³/mol. The molecule has 12 heteroatoms. The van der Waals surface area contributed by atoms with Gasteiger partial charge in [0.1, 0.15) is 17.9 Å². The molecule has 5 rings (SSSR count). The summed E-state index contributed by atoms with van der Waals surface area (Å²) >= 11 is 0. The summed E-state index contributed by atoms with van der Waals surface area (Å²) < 4.78 is 19.4. The number of hydrogen-bond donors (Lipinski definition) is 6. The molecule has 2 aromatic carbocycles. The van der Waals surface area contributed by atoms with Crippen LogP contribution in [0.3, 0.4) is 0 Å². The molecular weight excluding hydrogens is 435 g/mol. The summed E-state index contributed by atoms with van der Waals surface area (Å²) in [7, 11) is 0. The first-order chi connectivity index (χ1) is 15.6. The number of aryl methyl sites for hydroxylation is 1. The Morgan fingerprint density at radius 3 is 2.79 bits per heavy atom. The molecule has 174 valence electrons. The summed E-state index contributed by atoms with van der Waals surface area (Å²) in [5.74, 6) is -4.33. The molecule has 11 nitrogen and oxygen atoms in total. The highest BCUT2D eigenvalue weighted by molar-refractivity contribution is 6.05. The number of carbonyl (C=O) groups excluding carboxylic acids is 1. The number of halogens is 1. The molecule has 0 aromatic heterocycles. The molecule has 1 saturated heterocycles. The molecule has 3 heterocycles. The number of guanidine groups is 2. The molecule has 8 N–H and O–H groups in total. The maximum Gasteiger partial charge on any atom is 0.339 e. The standard InChI is InChI=1S/C21H23FN6O5/c1-9-4-10-2-3-11(22)6-12(10)13(5-9)17(30)33-15-7-28-19(24)25-14(8-29)16-20(28,21(15,31)32)27-18(23)26-16/h2-6,14-16,29,31-32H,7-8H2,1H3,(H2,24,25)(H3,23,26,27)/t14-,15-,16-,20-/m0/s1. The van der Waals surface area contributed by atoms with Crippen LogP contribution < -0.4 is 16.8 Å². The minimum Gasteiger partial charge on any atom is -0.451 e. The van der Waals surface area contributed by atoms with Crippen LogP contribution in [0.5, 0.6) is 0 Å². The molecule has 0 unspecified atom stereocenters. The van der Waals surface area contributed by atoms with Crippen LogP contribution >= 0.6 is 0 Å². The highest BCUT2D eigenvalue weighted by Crippen LogP contribution is 2.45. The van der Waals surface area contributed by atoms with Crippen LogP contribution in [0, 0.1) is 12.7 Å². The number of aliphatic hydroxyl groups excluding tert-OH is 1. The number of nitrogens with zero attached hydrogens (tertiary/aromatic N) is 3. The number of esters is 1. The Bertz CT molecular complexity index is 1230. The molecule has 0 saturated carbocycles. The molecule has 1 spiro atoms. The molecule has 2 aromatic rings. The van der Waals surface area contributed by atoms with Crippen molar-refractivity contribution < 1.29 is 29.2 Å². The van der Waals surface area contributed by atoms with Gasteiger partial charge in [0.25, 0.3) is 0 Å². The first-order valence-corrected chi connectivity index (χ1v) is 10.3. The van der Waals surface area contributed by atoms with E-state index in [2.05, 4.69) is 15.3 Å². The summed E-state index contributed by atoms with van der Waals surface area (Å²) in [5, 5.41) is 36.0. The number of benzene rings is 2. The lowest BCUT2D eigenvalue weighted by Crippen LogP contribution is -2.77. The number of aliphatic imine (C=N–C) groups is 2. The summed E-state index contributed by atoms with van der Waals surface area (Å²) in [4.78, 5) is 22.8. The van der Waals surface area contributed by atoms with E-state index in [1.54, 1.807) is 19.1 Å². The van der Waals surface area contributed by atoms with Gasteiger partial charge in [0.15, 0.2) is 23.7 Å².